The quantitative estimate of drug-likeness (QED) is 0.285. The van der Waals surface area contributed by atoms with Crippen molar-refractivity contribution in [2.45, 2.75) is 19.3 Å². The molecule has 0 amide bonds. The molecule has 0 bridgehead atoms. The Morgan fingerprint density at radius 2 is 2.24 bits per heavy atom. The van der Waals surface area contributed by atoms with Crippen LogP contribution in [-0.2, 0) is 9.53 Å². The summed E-state index contributed by atoms with van der Waals surface area (Å²) >= 11 is 0. The minimum absolute atomic E-state index is 0.139. The van der Waals surface area contributed by atoms with Crippen LogP contribution in [0.2, 0.25) is 0 Å². The van der Waals surface area contributed by atoms with Crippen molar-refractivity contribution in [2.24, 2.45) is 5.92 Å². The lowest BCUT2D eigenvalue weighted by molar-refractivity contribution is -0.135. The van der Waals surface area contributed by atoms with Crippen LogP contribution in [0.5, 0.6) is 0 Å². The van der Waals surface area contributed by atoms with E-state index in [1.807, 2.05) is 0 Å². The molecule has 1 aromatic heterocycles. The highest BCUT2D eigenvalue weighted by Gasteiger charge is 2.25. The maximum Gasteiger partial charge on any atom is 0.341 e. The summed E-state index contributed by atoms with van der Waals surface area (Å²) in [5.41, 5.74) is 0.556. The summed E-state index contributed by atoms with van der Waals surface area (Å²) in [5.74, 6) is -0.520. The van der Waals surface area contributed by atoms with Gasteiger partial charge in [-0.15, -0.1) is 0 Å². The van der Waals surface area contributed by atoms with Crippen LogP contribution in [0, 0.1) is 5.92 Å². The Labute approximate surface area is 99.7 Å². The van der Waals surface area contributed by atoms with Crippen LogP contribution in [0.25, 0.3) is 0 Å². The zero-order chi connectivity index (χ0) is 12.3. The van der Waals surface area contributed by atoms with Crippen molar-refractivity contribution >= 4 is 11.8 Å². The molecule has 1 saturated carbocycles. The van der Waals surface area contributed by atoms with E-state index in [0.29, 0.717) is 11.6 Å². The predicted octanol–water partition coefficient (Wildman–Crippen LogP) is 2.10. The van der Waals surface area contributed by atoms with Gasteiger partial charge < -0.3 is 9.72 Å². The van der Waals surface area contributed by atoms with Gasteiger partial charge in [-0.05, 0) is 30.9 Å². The van der Waals surface area contributed by atoms with Crippen LogP contribution in [0.15, 0.2) is 30.0 Å². The largest absolute Gasteiger partial charge is 0.465 e. The summed E-state index contributed by atoms with van der Waals surface area (Å²) in [4.78, 5) is 26.5. The van der Waals surface area contributed by atoms with Crippen LogP contribution in [0.3, 0.4) is 0 Å². The Kier molecular flexibility index (Phi) is 3.42. The number of carbonyl (C=O) groups excluding carboxylic acids is 2. The van der Waals surface area contributed by atoms with Crippen LogP contribution in [0.1, 0.15) is 29.8 Å². The van der Waals surface area contributed by atoms with Crippen molar-refractivity contribution in [3.63, 3.8) is 0 Å². The SMILES string of the molecule is COC(=O)/C(=C\C1CCC1)C(=O)c1ccc[nH]1. The third-order valence-corrected chi connectivity index (χ3v) is 3.04. The number of aromatic amines is 1. The standard InChI is InChI=1S/C13H15NO3/c1-17-13(16)10(8-9-4-2-5-9)12(15)11-6-3-7-14-11/h3,6-9,14H,2,4-5H2,1H3/b10-8-. The van der Waals surface area contributed by atoms with E-state index in [0.717, 1.165) is 19.3 Å². The van der Waals surface area contributed by atoms with Gasteiger partial charge in [0.1, 0.15) is 5.57 Å². The van der Waals surface area contributed by atoms with E-state index >= 15 is 0 Å². The van der Waals surface area contributed by atoms with E-state index in [2.05, 4.69) is 9.72 Å². The van der Waals surface area contributed by atoms with Gasteiger partial charge in [-0.1, -0.05) is 12.5 Å². The smallest absolute Gasteiger partial charge is 0.341 e. The molecule has 2 rings (SSSR count). The van der Waals surface area contributed by atoms with Gasteiger partial charge >= 0.3 is 5.97 Å². The molecule has 0 aliphatic heterocycles. The Balaban J connectivity index is 2.23. The number of esters is 1. The van der Waals surface area contributed by atoms with Gasteiger partial charge in [0.25, 0.3) is 0 Å². The zero-order valence-electron chi connectivity index (χ0n) is 9.73. The molecule has 0 radical (unpaired) electrons. The first-order valence-corrected chi connectivity index (χ1v) is 5.70. The molecule has 1 N–H and O–H groups in total. The van der Waals surface area contributed by atoms with E-state index in [9.17, 15) is 9.59 Å². The minimum atomic E-state index is -0.559. The molecule has 0 aromatic carbocycles. The summed E-state index contributed by atoms with van der Waals surface area (Å²) in [6.45, 7) is 0. The molecule has 1 fully saturated rings. The number of methoxy groups -OCH3 is 1. The number of nitrogens with one attached hydrogen (secondary N) is 1. The van der Waals surface area contributed by atoms with Crippen molar-refractivity contribution in [1.29, 1.82) is 0 Å². The predicted molar refractivity (Wildman–Crippen MR) is 62.6 cm³/mol. The van der Waals surface area contributed by atoms with Gasteiger partial charge in [-0.3, -0.25) is 4.79 Å². The lowest BCUT2D eigenvalue weighted by atomic mass is 9.83. The van der Waals surface area contributed by atoms with E-state index < -0.39 is 5.97 Å². The fraction of sp³-hybridized carbons (Fsp3) is 0.385. The highest BCUT2D eigenvalue weighted by Crippen LogP contribution is 2.29. The van der Waals surface area contributed by atoms with Crippen molar-refractivity contribution in [3.05, 3.63) is 35.7 Å². The second-order valence-corrected chi connectivity index (χ2v) is 4.18. The third kappa shape index (κ3) is 2.46. The Hall–Kier alpha value is -1.84. The maximum absolute atomic E-state index is 12.1. The highest BCUT2D eigenvalue weighted by molar-refractivity contribution is 6.23. The lowest BCUT2D eigenvalue weighted by Gasteiger charge is -2.22. The van der Waals surface area contributed by atoms with Gasteiger partial charge in [-0.2, -0.15) is 0 Å². The number of ether oxygens (including phenoxy) is 1. The molecule has 4 nitrogen and oxygen atoms in total. The fourth-order valence-corrected chi connectivity index (χ4v) is 1.81. The Morgan fingerprint density at radius 3 is 2.71 bits per heavy atom. The number of ketones is 1. The molecule has 0 saturated heterocycles. The first kappa shape index (κ1) is 11.6. The number of hydrogen-bond acceptors (Lipinski definition) is 3. The second kappa shape index (κ2) is 4.99. The second-order valence-electron chi connectivity index (χ2n) is 4.18. The average molecular weight is 233 g/mol. The van der Waals surface area contributed by atoms with Crippen molar-refractivity contribution < 1.29 is 14.3 Å². The van der Waals surface area contributed by atoms with Crippen LogP contribution >= 0.6 is 0 Å². The monoisotopic (exact) mass is 233 g/mol. The summed E-state index contributed by atoms with van der Waals surface area (Å²) in [6.07, 6.45) is 6.65. The van der Waals surface area contributed by atoms with Crippen molar-refractivity contribution in [3.8, 4) is 0 Å². The third-order valence-electron chi connectivity index (χ3n) is 3.04. The average Bonchev–Trinajstić information content (AvgIpc) is 2.79. The Bertz CT molecular complexity index is 441. The number of rotatable bonds is 4. The van der Waals surface area contributed by atoms with E-state index in [1.165, 1.54) is 7.11 Å². The van der Waals surface area contributed by atoms with Gasteiger partial charge in [0.2, 0.25) is 5.78 Å². The summed E-state index contributed by atoms with van der Waals surface area (Å²) in [5, 5.41) is 0. The normalized spacial score (nSPS) is 16.4. The number of H-pyrrole nitrogens is 1. The van der Waals surface area contributed by atoms with Crippen LogP contribution in [-0.4, -0.2) is 23.8 Å². The molecule has 0 spiro atoms. The van der Waals surface area contributed by atoms with E-state index in [-0.39, 0.29) is 11.4 Å². The van der Waals surface area contributed by atoms with Gasteiger partial charge in [0.05, 0.1) is 12.8 Å². The lowest BCUT2D eigenvalue weighted by Crippen LogP contribution is -2.18. The summed E-state index contributed by atoms with van der Waals surface area (Å²) < 4.78 is 4.66. The molecule has 0 unspecified atom stereocenters. The number of carbonyl (C=O) groups is 2. The number of Topliss-reactive ketones (excluding diaryl/α,β-unsaturated/α-hetero) is 1. The molecule has 1 aliphatic carbocycles. The number of hydrogen-bond donors (Lipinski definition) is 1. The van der Waals surface area contributed by atoms with Crippen molar-refractivity contribution in [2.75, 3.05) is 7.11 Å². The molecule has 90 valence electrons. The number of allylic oxidation sites excluding steroid dienone is 1. The molecule has 1 aromatic rings. The molecule has 4 heteroatoms. The van der Waals surface area contributed by atoms with E-state index in [1.54, 1.807) is 24.4 Å². The zero-order valence-corrected chi connectivity index (χ0v) is 9.73. The molecule has 1 heterocycles. The first-order valence-electron chi connectivity index (χ1n) is 5.70. The maximum atomic E-state index is 12.1. The van der Waals surface area contributed by atoms with E-state index in [4.69, 9.17) is 0 Å². The molecule has 1 aliphatic rings. The Morgan fingerprint density at radius 1 is 1.47 bits per heavy atom. The summed E-state index contributed by atoms with van der Waals surface area (Å²) in [7, 11) is 1.29. The highest BCUT2D eigenvalue weighted by atomic mass is 16.5. The van der Waals surface area contributed by atoms with Gasteiger partial charge in [-0.25, -0.2) is 4.79 Å². The van der Waals surface area contributed by atoms with Crippen molar-refractivity contribution in [1.82, 2.24) is 4.98 Å². The van der Waals surface area contributed by atoms with Gasteiger partial charge in [0, 0.05) is 6.20 Å². The summed E-state index contributed by atoms with van der Waals surface area (Å²) in [6, 6.07) is 3.38. The topological polar surface area (TPSA) is 59.2 Å². The molecule has 17 heavy (non-hydrogen) atoms. The molecular weight excluding hydrogens is 218 g/mol. The number of aromatic nitrogens is 1. The minimum Gasteiger partial charge on any atom is -0.465 e. The first-order chi connectivity index (χ1) is 8.22. The molecular formula is C13H15NO3. The fourth-order valence-electron chi connectivity index (χ4n) is 1.81. The van der Waals surface area contributed by atoms with Crippen LogP contribution in [0.4, 0.5) is 0 Å². The molecule has 0 atom stereocenters. The van der Waals surface area contributed by atoms with Crippen LogP contribution < -0.4 is 0 Å². The van der Waals surface area contributed by atoms with Gasteiger partial charge in [0.15, 0.2) is 0 Å².